The van der Waals surface area contributed by atoms with Crippen molar-refractivity contribution in [2.75, 3.05) is 13.2 Å². The number of pyridine rings is 2. The first-order valence-corrected chi connectivity index (χ1v) is 26.7. The van der Waals surface area contributed by atoms with E-state index in [2.05, 4.69) is 32.7 Å². The van der Waals surface area contributed by atoms with Crippen molar-refractivity contribution in [3.05, 3.63) is 235 Å². The molecule has 0 aliphatic carbocycles. The second-order valence-electron chi connectivity index (χ2n) is 19.6. The van der Waals surface area contributed by atoms with Crippen LogP contribution in [-0.2, 0) is 61.9 Å². The van der Waals surface area contributed by atoms with Crippen LogP contribution in [0.15, 0.2) is 158 Å². The third-order valence-corrected chi connectivity index (χ3v) is 14.7. The van der Waals surface area contributed by atoms with E-state index < -0.39 is 36.2 Å². The van der Waals surface area contributed by atoms with Crippen LogP contribution >= 0.6 is 23.2 Å². The predicted octanol–water partition coefficient (Wildman–Crippen LogP) is 10.4. The van der Waals surface area contributed by atoms with Gasteiger partial charge >= 0.3 is 11.9 Å². The van der Waals surface area contributed by atoms with E-state index >= 15 is 0 Å². The van der Waals surface area contributed by atoms with Crippen LogP contribution < -0.4 is 29.6 Å². The molecular weight excluding hydrogens is 1080 g/mol. The molecule has 18 heteroatoms. The molecule has 0 radical (unpaired) electrons. The number of nitrogens with zero attached hydrogens (tertiary/aromatic N) is 4. The number of carboxylic acid groups (broad SMARTS) is 2. The fourth-order valence-electron chi connectivity index (χ4n) is 9.27. The van der Waals surface area contributed by atoms with Crippen LogP contribution in [0.4, 0.5) is 0 Å². The van der Waals surface area contributed by atoms with Gasteiger partial charge in [0.15, 0.2) is 0 Å². The summed E-state index contributed by atoms with van der Waals surface area (Å²) < 4.78 is 25.5. The summed E-state index contributed by atoms with van der Waals surface area (Å²) in [6, 6.07) is 43.9. The van der Waals surface area contributed by atoms with Crippen molar-refractivity contribution in [3.63, 3.8) is 0 Å². The van der Waals surface area contributed by atoms with Crippen molar-refractivity contribution in [2.45, 2.75) is 77.3 Å². The van der Waals surface area contributed by atoms with Crippen LogP contribution in [0.3, 0.4) is 0 Å². The minimum absolute atomic E-state index is 0.00188. The number of hydrogen-bond donors (Lipinski definition) is 6. The fraction of sp³-hybridized carbons (Fsp3) is 0.219. The van der Waals surface area contributed by atoms with E-state index in [0.29, 0.717) is 67.5 Å². The lowest BCUT2D eigenvalue weighted by Crippen LogP contribution is -2.56. The van der Waals surface area contributed by atoms with E-state index in [0.717, 1.165) is 33.4 Å². The van der Waals surface area contributed by atoms with Crippen molar-refractivity contribution in [1.82, 2.24) is 20.6 Å². The lowest BCUT2D eigenvalue weighted by Gasteiger charge is -2.29. The van der Waals surface area contributed by atoms with Gasteiger partial charge in [0.1, 0.15) is 72.6 Å². The first kappa shape index (κ1) is 59.3. The van der Waals surface area contributed by atoms with Crippen molar-refractivity contribution in [1.29, 1.82) is 10.5 Å². The van der Waals surface area contributed by atoms with Gasteiger partial charge in [-0.1, -0.05) is 120 Å². The summed E-state index contributed by atoms with van der Waals surface area (Å²) in [6.45, 7) is 2.74. The first-order valence-electron chi connectivity index (χ1n) is 25.9. The van der Waals surface area contributed by atoms with Gasteiger partial charge in [0.2, 0.25) is 0 Å². The minimum atomic E-state index is -1.74. The molecule has 82 heavy (non-hydrogen) atoms. The molecular formula is C64H58Cl2N6O10. The Morgan fingerprint density at radius 2 is 0.890 bits per heavy atom. The van der Waals surface area contributed by atoms with Gasteiger partial charge in [-0.2, -0.15) is 10.5 Å². The molecule has 0 saturated heterocycles. The van der Waals surface area contributed by atoms with E-state index in [1.165, 1.54) is 12.4 Å². The summed E-state index contributed by atoms with van der Waals surface area (Å²) in [7, 11) is 0. The molecule has 0 saturated carbocycles. The number of benzene rings is 6. The molecule has 0 spiro atoms. The topological polar surface area (TPSA) is 249 Å². The van der Waals surface area contributed by atoms with Crippen molar-refractivity contribution in [3.8, 4) is 46.3 Å². The number of rotatable bonds is 27. The predicted molar refractivity (Wildman–Crippen MR) is 308 cm³/mol. The van der Waals surface area contributed by atoms with Gasteiger partial charge < -0.3 is 39.4 Å². The Labute approximate surface area is 484 Å². The van der Waals surface area contributed by atoms with E-state index in [1.54, 1.807) is 97.3 Å². The molecule has 6 aromatic carbocycles. The molecule has 0 aliphatic heterocycles. The maximum atomic E-state index is 12.8. The number of aromatic nitrogens is 2. The first-order chi connectivity index (χ1) is 39.7. The van der Waals surface area contributed by atoms with Crippen molar-refractivity contribution in [2.24, 2.45) is 0 Å². The average molecular weight is 1140 g/mol. The minimum Gasteiger partial charge on any atom is -0.488 e. The van der Waals surface area contributed by atoms with Crippen LogP contribution in [0.25, 0.3) is 11.1 Å². The molecule has 2 unspecified atom stereocenters. The number of carbonyl (C=O) groups is 2. The number of hydrogen-bond acceptors (Lipinski definition) is 14. The zero-order valence-electron chi connectivity index (χ0n) is 44.9. The van der Waals surface area contributed by atoms with Crippen LogP contribution in [0, 0.1) is 36.5 Å². The molecule has 2 aromatic heterocycles. The highest BCUT2D eigenvalue weighted by atomic mass is 35.5. The zero-order chi connectivity index (χ0) is 58.2. The Bertz CT molecular complexity index is 3420. The summed E-state index contributed by atoms with van der Waals surface area (Å²) in [5.74, 6) is -1.24. The zero-order valence-corrected chi connectivity index (χ0v) is 46.4. The molecule has 16 nitrogen and oxygen atoms in total. The molecule has 0 aliphatic rings. The van der Waals surface area contributed by atoms with Crippen LogP contribution in [0.5, 0.6) is 23.0 Å². The second-order valence-corrected chi connectivity index (χ2v) is 20.4. The summed E-state index contributed by atoms with van der Waals surface area (Å²) in [6.07, 6.45) is 6.05. The van der Waals surface area contributed by atoms with Gasteiger partial charge in [-0.25, -0.2) is 0 Å². The lowest BCUT2D eigenvalue weighted by molar-refractivity contribution is -0.147. The van der Waals surface area contributed by atoms with E-state index in [9.17, 15) is 40.5 Å². The SMILES string of the molecule is Cc1c(COc2cc(OCc3cncc(C#N)c3)c(CNC(CO)(Cc3ccccc3)C(=O)O)cc2Cl)cccc1-c1cccc(COc2cc(OCc3cncc(C#N)c3)c(CNC(CO)(Cc3ccccc3)C(=O)O)cc2Cl)c1C. The van der Waals surface area contributed by atoms with Crippen molar-refractivity contribution >= 4 is 35.1 Å². The number of ether oxygens (including phenoxy) is 4. The van der Waals surface area contributed by atoms with E-state index in [-0.39, 0.29) is 62.4 Å². The van der Waals surface area contributed by atoms with Gasteiger partial charge in [-0.05, 0) is 82.6 Å². The molecule has 8 aromatic rings. The maximum Gasteiger partial charge on any atom is 0.326 e. The van der Waals surface area contributed by atoms with Crippen LogP contribution in [0.1, 0.15) is 66.8 Å². The van der Waals surface area contributed by atoms with Gasteiger partial charge in [0.05, 0.1) is 34.4 Å². The summed E-state index contributed by atoms with van der Waals surface area (Å²) >= 11 is 13.9. The standard InChI is InChI=1S/C64H58Cl2N6O10/c1-41-49(37-81-59-23-57(79-35-47-19-45(27-67)29-69-31-47)51(21-55(59)65)33-71-63(39-73,61(75)76)25-43-11-5-3-6-12-43)15-9-17-53(41)54-18-10-16-50(42(54)2)38-82-60-24-58(80-36-48-20-46(28-68)30-70-32-48)52(22-56(60)66)34-72-64(40-74,62(77)78)26-44-13-7-4-8-14-44/h3-24,29-32,71-74H,25-26,33-40H2,1-2H3,(H,75,76)(H,77,78). The number of carboxylic acids is 2. The number of aliphatic hydroxyl groups excluding tert-OH is 2. The van der Waals surface area contributed by atoms with Gasteiger partial charge in [0, 0.05) is 85.1 Å². The largest absolute Gasteiger partial charge is 0.488 e. The second kappa shape index (κ2) is 27.6. The molecule has 0 amide bonds. The van der Waals surface area contributed by atoms with E-state index in [4.69, 9.17) is 42.1 Å². The molecule has 6 N–H and O–H groups in total. The van der Waals surface area contributed by atoms with Crippen LogP contribution in [-0.4, -0.2) is 66.6 Å². The third kappa shape index (κ3) is 14.5. The van der Waals surface area contributed by atoms with Gasteiger partial charge in [0.25, 0.3) is 0 Å². The highest BCUT2D eigenvalue weighted by Gasteiger charge is 2.39. The van der Waals surface area contributed by atoms with Crippen LogP contribution in [0.2, 0.25) is 10.0 Å². The summed E-state index contributed by atoms with van der Waals surface area (Å²) in [5.41, 5.74) is 6.37. The summed E-state index contributed by atoms with van der Waals surface area (Å²) in [4.78, 5) is 33.8. The Morgan fingerprint density at radius 1 is 0.500 bits per heavy atom. The molecule has 0 fully saturated rings. The van der Waals surface area contributed by atoms with Crippen molar-refractivity contribution < 1.29 is 49.0 Å². The third-order valence-electron chi connectivity index (χ3n) is 14.1. The Balaban J connectivity index is 1.02. The quantitative estimate of drug-likeness (QED) is 0.0280. The Kier molecular flexibility index (Phi) is 19.9. The van der Waals surface area contributed by atoms with Gasteiger partial charge in [-0.3, -0.25) is 30.2 Å². The number of nitriles is 2. The fourth-order valence-corrected chi connectivity index (χ4v) is 9.76. The van der Waals surface area contributed by atoms with Gasteiger partial charge in [-0.15, -0.1) is 0 Å². The highest BCUT2D eigenvalue weighted by Crippen LogP contribution is 2.38. The highest BCUT2D eigenvalue weighted by molar-refractivity contribution is 6.32. The number of halogens is 2. The Hall–Kier alpha value is -8.84. The average Bonchev–Trinajstić information content (AvgIpc) is 3.70. The lowest BCUT2D eigenvalue weighted by atomic mass is 9.91. The Morgan fingerprint density at radius 3 is 1.26 bits per heavy atom. The molecule has 2 heterocycles. The molecule has 0 bridgehead atoms. The number of aliphatic carboxylic acids is 2. The molecule has 418 valence electrons. The smallest absolute Gasteiger partial charge is 0.326 e. The maximum absolute atomic E-state index is 12.8. The molecule has 8 rings (SSSR count). The normalized spacial score (nSPS) is 12.5. The molecule has 2 atom stereocenters. The van der Waals surface area contributed by atoms with E-state index in [1.807, 2.05) is 62.4 Å². The number of aliphatic hydroxyl groups is 2. The number of nitrogens with one attached hydrogen (secondary N) is 2. The summed E-state index contributed by atoms with van der Waals surface area (Å²) in [5, 5.41) is 67.4. The monoisotopic (exact) mass is 1140 g/mol.